The number of carbonyl (C=O) groups excluding carboxylic acids is 1. The zero-order valence-corrected chi connectivity index (χ0v) is 16.8. The number of aromatic nitrogens is 4. The van der Waals surface area contributed by atoms with Crippen LogP contribution in [0.1, 0.15) is 50.8 Å². The molecule has 2 aromatic heterocycles. The summed E-state index contributed by atoms with van der Waals surface area (Å²) in [6.45, 7) is 8.44. The summed E-state index contributed by atoms with van der Waals surface area (Å²) >= 11 is 0. The van der Waals surface area contributed by atoms with Crippen LogP contribution in [-0.2, 0) is 16.1 Å². The number of amides is 1. The lowest BCUT2D eigenvalue weighted by molar-refractivity contribution is -0.119. The third-order valence-electron chi connectivity index (χ3n) is 5.72. The molecule has 2 aromatic rings. The van der Waals surface area contributed by atoms with Crippen molar-refractivity contribution in [2.75, 3.05) is 31.6 Å². The Hall–Kier alpha value is -2.19. The average Bonchev–Trinajstić information content (AvgIpc) is 3.44. The van der Waals surface area contributed by atoms with Crippen molar-refractivity contribution in [2.24, 2.45) is 5.92 Å². The highest BCUT2D eigenvalue weighted by atomic mass is 16.5. The summed E-state index contributed by atoms with van der Waals surface area (Å²) in [5.74, 6) is 0.796. The molecule has 2 fully saturated rings. The molecule has 0 aromatic carbocycles. The van der Waals surface area contributed by atoms with Crippen LogP contribution in [0.2, 0.25) is 0 Å². The van der Waals surface area contributed by atoms with Gasteiger partial charge in [-0.15, -0.1) is 0 Å². The van der Waals surface area contributed by atoms with Gasteiger partial charge in [-0.1, -0.05) is 0 Å². The normalized spacial score (nSPS) is 21.5. The smallest absolute Gasteiger partial charge is 0.231 e. The number of rotatable bonds is 6. The lowest BCUT2D eigenvalue weighted by Crippen LogP contribution is -2.35. The van der Waals surface area contributed by atoms with E-state index in [-0.39, 0.29) is 11.8 Å². The molecule has 8 nitrogen and oxygen atoms in total. The molecule has 1 amide bonds. The molecule has 1 unspecified atom stereocenters. The van der Waals surface area contributed by atoms with Crippen molar-refractivity contribution in [1.29, 1.82) is 0 Å². The standard InChI is InChI=1S/C20H30N6O2/c1-15(2)25-13-16(11-22-25)12-24-8-4-18(5-9-24)26-19(3-7-21-26)23-20(27)17-6-10-28-14-17/h3,7,11,13,15,17-18H,4-6,8-10,12,14H2,1-2H3,(H,23,27). The highest BCUT2D eigenvalue weighted by Crippen LogP contribution is 2.27. The van der Waals surface area contributed by atoms with E-state index < -0.39 is 0 Å². The number of nitrogens with one attached hydrogen (secondary N) is 1. The van der Waals surface area contributed by atoms with Crippen molar-refractivity contribution >= 4 is 11.7 Å². The van der Waals surface area contributed by atoms with E-state index in [9.17, 15) is 4.79 Å². The number of nitrogens with zero attached hydrogens (tertiary/aromatic N) is 5. The number of anilines is 1. The Bertz CT molecular complexity index is 784. The predicted molar refractivity (Wildman–Crippen MR) is 106 cm³/mol. The lowest BCUT2D eigenvalue weighted by Gasteiger charge is -2.32. The summed E-state index contributed by atoms with van der Waals surface area (Å²) in [6, 6.07) is 2.60. The largest absolute Gasteiger partial charge is 0.381 e. The van der Waals surface area contributed by atoms with Crippen LogP contribution in [0.15, 0.2) is 24.7 Å². The minimum Gasteiger partial charge on any atom is -0.381 e. The van der Waals surface area contributed by atoms with Gasteiger partial charge in [-0.2, -0.15) is 10.2 Å². The van der Waals surface area contributed by atoms with Gasteiger partial charge in [0.25, 0.3) is 0 Å². The zero-order chi connectivity index (χ0) is 19.5. The predicted octanol–water partition coefficient (Wildman–Crippen LogP) is 2.47. The van der Waals surface area contributed by atoms with Gasteiger partial charge in [-0.3, -0.25) is 14.4 Å². The van der Waals surface area contributed by atoms with Gasteiger partial charge >= 0.3 is 0 Å². The molecule has 2 aliphatic heterocycles. The molecule has 4 heterocycles. The molecular weight excluding hydrogens is 356 g/mol. The first-order valence-corrected chi connectivity index (χ1v) is 10.3. The van der Waals surface area contributed by atoms with Crippen LogP contribution in [0.3, 0.4) is 0 Å². The van der Waals surface area contributed by atoms with Gasteiger partial charge in [0.2, 0.25) is 5.91 Å². The third kappa shape index (κ3) is 4.28. The maximum Gasteiger partial charge on any atom is 0.231 e. The van der Waals surface area contributed by atoms with Crippen LogP contribution in [0.25, 0.3) is 0 Å². The second-order valence-electron chi connectivity index (χ2n) is 8.14. The maximum absolute atomic E-state index is 12.4. The van der Waals surface area contributed by atoms with Crippen molar-refractivity contribution in [3.63, 3.8) is 0 Å². The molecule has 152 valence electrons. The summed E-state index contributed by atoms with van der Waals surface area (Å²) in [7, 11) is 0. The molecule has 0 aliphatic carbocycles. The molecule has 4 rings (SSSR count). The van der Waals surface area contributed by atoms with Crippen LogP contribution in [0, 0.1) is 5.92 Å². The Morgan fingerprint density at radius 2 is 2.11 bits per heavy atom. The Kier molecular flexibility index (Phi) is 5.77. The fraction of sp³-hybridized carbons (Fsp3) is 0.650. The molecule has 2 aliphatic rings. The number of hydrogen-bond donors (Lipinski definition) is 1. The van der Waals surface area contributed by atoms with Crippen molar-refractivity contribution < 1.29 is 9.53 Å². The van der Waals surface area contributed by atoms with Gasteiger partial charge < -0.3 is 10.1 Å². The fourth-order valence-electron chi connectivity index (χ4n) is 4.00. The first-order valence-electron chi connectivity index (χ1n) is 10.3. The van der Waals surface area contributed by atoms with Gasteiger partial charge in [-0.25, -0.2) is 4.68 Å². The number of piperidine rings is 1. The minimum absolute atomic E-state index is 0.0406. The third-order valence-corrected chi connectivity index (χ3v) is 5.72. The van der Waals surface area contributed by atoms with E-state index in [1.54, 1.807) is 6.20 Å². The van der Waals surface area contributed by atoms with Gasteiger partial charge in [0.1, 0.15) is 5.82 Å². The quantitative estimate of drug-likeness (QED) is 0.825. The van der Waals surface area contributed by atoms with Crippen LogP contribution in [-0.4, -0.2) is 56.7 Å². The first-order chi connectivity index (χ1) is 13.6. The van der Waals surface area contributed by atoms with Crippen LogP contribution in [0.5, 0.6) is 0 Å². The second kappa shape index (κ2) is 8.45. The van der Waals surface area contributed by atoms with Crippen molar-refractivity contribution in [2.45, 2.75) is 51.7 Å². The van der Waals surface area contributed by atoms with E-state index in [1.807, 2.05) is 21.6 Å². The molecule has 0 bridgehead atoms. The van der Waals surface area contributed by atoms with Crippen LogP contribution in [0.4, 0.5) is 5.82 Å². The van der Waals surface area contributed by atoms with Crippen molar-refractivity contribution in [3.05, 3.63) is 30.2 Å². The zero-order valence-electron chi connectivity index (χ0n) is 16.8. The molecule has 1 N–H and O–H groups in total. The highest BCUT2D eigenvalue weighted by molar-refractivity contribution is 5.92. The number of ether oxygens (including phenoxy) is 1. The summed E-state index contributed by atoms with van der Waals surface area (Å²) in [6.07, 6.45) is 8.73. The van der Waals surface area contributed by atoms with Crippen molar-refractivity contribution in [1.82, 2.24) is 24.5 Å². The average molecular weight is 387 g/mol. The molecule has 2 saturated heterocycles. The summed E-state index contributed by atoms with van der Waals surface area (Å²) < 4.78 is 9.32. The fourth-order valence-corrected chi connectivity index (χ4v) is 4.00. The lowest BCUT2D eigenvalue weighted by atomic mass is 10.0. The molecular formula is C20H30N6O2. The number of carbonyl (C=O) groups is 1. The highest BCUT2D eigenvalue weighted by Gasteiger charge is 2.27. The number of hydrogen-bond acceptors (Lipinski definition) is 5. The van der Waals surface area contributed by atoms with E-state index in [0.29, 0.717) is 25.3 Å². The topological polar surface area (TPSA) is 77.2 Å². The maximum atomic E-state index is 12.4. The Balaban J connectivity index is 1.31. The van der Waals surface area contributed by atoms with E-state index in [0.717, 1.165) is 44.7 Å². The van der Waals surface area contributed by atoms with E-state index in [2.05, 4.69) is 40.5 Å². The molecule has 0 saturated carbocycles. The van der Waals surface area contributed by atoms with Crippen LogP contribution >= 0.6 is 0 Å². The van der Waals surface area contributed by atoms with Crippen LogP contribution < -0.4 is 5.32 Å². The van der Waals surface area contributed by atoms with E-state index in [1.165, 1.54) is 5.56 Å². The van der Waals surface area contributed by atoms with Gasteiger partial charge in [0, 0.05) is 50.1 Å². The second-order valence-corrected chi connectivity index (χ2v) is 8.14. The minimum atomic E-state index is -0.0445. The summed E-state index contributed by atoms with van der Waals surface area (Å²) in [5.41, 5.74) is 1.26. The van der Waals surface area contributed by atoms with Gasteiger partial charge in [0.15, 0.2) is 0 Å². The van der Waals surface area contributed by atoms with E-state index >= 15 is 0 Å². The monoisotopic (exact) mass is 386 g/mol. The van der Waals surface area contributed by atoms with Crippen molar-refractivity contribution in [3.8, 4) is 0 Å². The Morgan fingerprint density at radius 1 is 1.29 bits per heavy atom. The van der Waals surface area contributed by atoms with E-state index in [4.69, 9.17) is 4.74 Å². The number of likely N-dealkylation sites (tertiary alicyclic amines) is 1. The van der Waals surface area contributed by atoms with Gasteiger partial charge in [0.05, 0.1) is 31.0 Å². The Labute approximate surface area is 165 Å². The summed E-state index contributed by atoms with van der Waals surface area (Å²) in [5, 5.41) is 12.0. The SMILES string of the molecule is CC(C)n1cc(CN2CCC(n3nccc3NC(=O)C3CCOC3)CC2)cn1. The molecule has 0 radical (unpaired) electrons. The molecule has 0 spiro atoms. The first kappa shape index (κ1) is 19.1. The van der Waals surface area contributed by atoms with Gasteiger partial charge in [-0.05, 0) is 33.1 Å². The molecule has 8 heteroatoms. The molecule has 28 heavy (non-hydrogen) atoms. The summed E-state index contributed by atoms with van der Waals surface area (Å²) in [4.78, 5) is 14.9. The molecule has 1 atom stereocenters. The Morgan fingerprint density at radius 3 is 2.79 bits per heavy atom.